The van der Waals surface area contributed by atoms with Gasteiger partial charge in [0.1, 0.15) is 11.6 Å². The SMILES string of the molecule is Nc1cccc2c(Cl)nc(C3CCC3)n12. The quantitative estimate of drug-likeness (QED) is 0.805. The Hall–Kier alpha value is -1.22. The third-order valence-electron chi connectivity index (χ3n) is 3.14. The van der Waals surface area contributed by atoms with E-state index in [4.69, 9.17) is 17.3 Å². The Morgan fingerprint density at radius 2 is 2.20 bits per heavy atom. The predicted molar refractivity (Wildman–Crippen MR) is 61.2 cm³/mol. The van der Waals surface area contributed by atoms with Gasteiger partial charge in [0, 0.05) is 5.92 Å². The minimum absolute atomic E-state index is 0.537. The lowest BCUT2D eigenvalue weighted by Gasteiger charge is -2.24. The molecule has 3 nitrogen and oxygen atoms in total. The molecule has 2 N–H and O–H groups in total. The molecule has 2 aromatic heterocycles. The van der Waals surface area contributed by atoms with Crippen LogP contribution in [0.3, 0.4) is 0 Å². The molecule has 0 radical (unpaired) electrons. The predicted octanol–water partition coefficient (Wildman–Crippen LogP) is 2.84. The van der Waals surface area contributed by atoms with Gasteiger partial charge in [-0.3, -0.25) is 4.40 Å². The average Bonchev–Trinajstić information content (AvgIpc) is 2.43. The third-order valence-corrected chi connectivity index (χ3v) is 3.42. The average molecular weight is 222 g/mol. The first-order valence-electron chi connectivity index (χ1n) is 5.19. The van der Waals surface area contributed by atoms with Crippen LogP contribution in [-0.2, 0) is 0 Å². The number of anilines is 1. The molecular formula is C11H12ClN3. The highest BCUT2D eigenvalue weighted by molar-refractivity contribution is 6.32. The van der Waals surface area contributed by atoms with Crippen molar-refractivity contribution >= 4 is 22.9 Å². The van der Waals surface area contributed by atoms with Crippen molar-refractivity contribution in [2.24, 2.45) is 0 Å². The van der Waals surface area contributed by atoms with Gasteiger partial charge < -0.3 is 5.73 Å². The molecule has 1 fully saturated rings. The largest absolute Gasteiger partial charge is 0.385 e. The Morgan fingerprint density at radius 3 is 2.87 bits per heavy atom. The summed E-state index contributed by atoms with van der Waals surface area (Å²) in [6.07, 6.45) is 3.68. The maximum atomic E-state index is 6.09. The Bertz CT molecular complexity index is 514. The van der Waals surface area contributed by atoms with Crippen molar-refractivity contribution in [3.05, 3.63) is 29.2 Å². The molecule has 2 heterocycles. The lowest BCUT2D eigenvalue weighted by molar-refractivity contribution is 0.401. The summed E-state index contributed by atoms with van der Waals surface area (Å²) in [7, 11) is 0. The number of hydrogen-bond acceptors (Lipinski definition) is 2. The summed E-state index contributed by atoms with van der Waals surface area (Å²) in [4.78, 5) is 4.42. The van der Waals surface area contributed by atoms with Crippen molar-refractivity contribution in [1.82, 2.24) is 9.38 Å². The first-order valence-corrected chi connectivity index (χ1v) is 5.57. The smallest absolute Gasteiger partial charge is 0.155 e. The van der Waals surface area contributed by atoms with Gasteiger partial charge in [-0.25, -0.2) is 4.98 Å². The summed E-state index contributed by atoms with van der Waals surface area (Å²) in [5, 5.41) is 0.559. The Balaban J connectivity index is 2.29. The second-order valence-corrected chi connectivity index (χ2v) is 4.42. The first-order chi connectivity index (χ1) is 7.27. The maximum Gasteiger partial charge on any atom is 0.155 e. The van der Waals surface area contributed by atoms with E-state index in [1.165, 1.54) is 19.3 Å². The van der Waals surface area contributed by atoms with E-state index in [1.54, 1.807) is 0 Å². The molecule has 1 saturated carbocycles. The fraction of sp³-hybridized carbons (Fsp3) is 0.364. The summed E-state index contributed by atoms with van der Waals surface area (Å²) < 4.78 is 1.98. The zero-order valence-electron chi connectivity index (χ0n) is 8.28. The van der Waals surface area contributed by atoms with E-state index in [9.17, 15) is 0 Å². The topological polar surface area (TPSA) is 43.3 Å². The van der Waals surface area contributed by atoms with Crippen molar-refractivity contribution in [3.63, 3.8) is 0 Å². The number of imidazole rings is 1. The van der Waals surface area contributed by atoms with E-state index >= 15 is 0 Å². The van der Waals surface area contributed by atoms with Crippen molar-refractivity contribution in [2.75, 3.05) is 5.73 Å². The van der Waals surface area contributed by atoms with Crippen LogP contribution in [0.15, 0.2) is 18.2 Å². The van der Waals surface area contributed by atoms with E-state index in [-0.39, 0.29) is 0 Å². The molecule has 0 amide bonds. The van der Waals surface area contributed by atoms with Crippen LogP contribution in [0.25, 0.3) is 5.52 Å². The van der Waals surface area contributed by atoms with E-state index < -0.39 is 0 Å². The van der Waals surface area contributed by atoms with Gasteiger partial charge in [0.05, 0.1) is 5.52 Å². The van der Waals surface area contributed by atoms with Crippen LogP contribution in [0, 0.1) is 0 Å². The molecule has 0 unspecified atom stereocenters. The van der Waals surface area contributed by atoms with Gasteiger partial charge in [0.15, 0.2) is 5.15 Å². The van der Waals surface area contributed by atoms with Crippen molar-refractivity contribution in [1.29, 1.82) is 0 Å². The fourth-order valence-electron chi connectivity index (χ4n) is 2.09. The fourth-order valence-corrected chi connectivity index (χ4v) is 2.32. The number of aromatic nitrogens is 2. The molecule has 0 aliphatic heterocycles. The lowest BCUT2D eigenvalue weighted by Crippen LogP contribution is -2.13. The summed E-state index contributed by atoms with van der Waals surface area (Å²) in [5.74, 6) is 2.28. The van der Waals surface area contributed by atoms with Gasteiger partial charge in [-0.2, -0.15) is 0 Å². The molecule has 0 saturated heterocycles. The standard InChI is InChI=1S/C11H12ClN3/c12-10-8-5-2-6-9(13)15(8)11(14-10)7-3-1-4-7/h2,5-7H,1,3-4,13H2. The zero-order chi connectivity index (χ0) is 10.4. The Labute approximate surface area is 92.9 Å². The minimum Gasteiger partial charge on any atom is -0.385 e. The van der Waals surface area contributed by atoms with Crippen LogP contribution in [-0.4, -0.2) is 9.38 Å². The molecular weight excluding hydrogens is 210 g/mol. The van der Waals surface area contributed by atoms with Gasteiger partial charge >= 0.3 is 0 Å². The first kappa shape index (κ1) is 9.04. The van der Waals surface area contributed by atoms with Crippen molar-refractivity contribution < 1.29 is 0 Å². The van der Waals surface area contributed by atoms with E-state index in [1.807, 2.05) is 22.6 Å². The minimum atomic E-state index is 0.537. The lowest BCUT2D eigenvalue weighted by atomic mass is 9.85. The van der Waals surface area contributed by atoms with Crippen molar-refractivity contribution in [3.8, 4) is 0 Å². The molecule has 1 aliphatic carbocycles. The van der Waals surface area contributed by atoms with Gasteiger partial charge in [0.25, 0.3) is 0 Å². The van der Waals surface area contributed by atoms with Gasteiger partial charge in [0.2, 0.25) is 0 Å². The highest BCUT2D eigenvalue weighted by Crippen LogP contribution is 2.38. The number of fused-ring (bicyclic) bond motifs is 1. The van der Waals surface area contributed by atoms with Crippen LogP contribution >= 0.6 is 11.6 Å². The summed E-state index contributed by atoms with van der Waals surface area (Å²) in [6, 6.07) is 5.74. The van der Waals surface area contributed by atoms with Crippen LogP contribution in [0.2, 0.25) is 5.15 Å². The van der Waals surface area contributed by atoms with E-state index in [0.717, 1.165) is 11.3 Å². The molecule has 3 rings (SSSR count). The number of nitrogens with zero attached hydrogens (tertiary/aromatic N) is 2. The maximum absolute atomic E-state index is 6.09. The van der Waals surface area contributed by atoms with E-state index in [0.29, 0.717) is 16.9 Å². The van der Waals surface area contributed by atoms with Crippen molar-refractivity contribution in [2.45, 2.75) is 25.2 Å². The molecule has 0 spiro atoms. The number of nitrogens with two attached hydrogens (primary N) is 1. The summed E-state index contributed by atoms with van der Waals surface area (Å²) in [5.41, 5.74) is 6.87. The Morgan fingerprint density at radius 1 is 1.40 bits per heavy atom. The molecule has 15 heavy (non-hydrogen) atoms. The zero-order valence-corrected chi connectivity index (χ0v) is 9.04. The second kappa shape index (κ2) is 3.14. The number of rotatable bonds is 1. The molecule has 0 atom stereocenters. The highest BCUT2D eigenvalue weighted by Gasteiger charge is 2.25. The normalized spacial score (nSPS) is 16.9. The van der Waals surface area contributed by atoms with Crippen LogP contribution in [0.4, 0.5) is 5.82 Å². The summed E-state index contributed by atoms with van der Waals surface area (Å²) in [6.45, 7) is 0. The van der Waals surface area contributed by atoms with Crippen LogP contribution in [0.5, 0.6) is 0 Å². The van der Waals surface area contributed by atoms with Crippen LogP contribution in [0.1, 0.15) is 31.0 Å². The summed E-state index contributed by atoms with van der Waals surface area (Å²) >= 11 is 6.09. The van der Waals surface area contributed by atoms with Crippen LogP contribution < -0.4 is 5.73 Å². The number of nitrogen functional groups attached to an aromatic ring is 1. The number of halogens is 1. The second-order valence-electron chi connectivity index (χ2n) is 4.06. The van der Waals surface area contributed by atoms with E-state index in [2.05, 4.69) is 4.98 Å². The van der Waals surface area contributed by atoms with Gasteiger partial charge in [-0.05, 0) is 25.0 Å². The molecule has 0 bridgehead atoms. The molecule has 2 aromatic rings. The highest BCUT2D eigenvalue weighted by atomic mass is 35.5. The molecule has 78 valence electrons. The monoisotopic (exact) mass is 221 g/mol. The van der Waals surface area contributed by atoms with Gasteiger partial charge in [-0.1, -0.05) is 24.1 Å². The molecule has 0 aromatic carbocycles. The molecule has 4 heteroatoms. The Kier molecular flexibility index (Phi) is 1.89. The third kappa shape index (κ3) is 1.23. The van der Waals surface area contributed by atoms with Gasteiger partial charge in [-0.15, -0.1) is 0 Å². The number of hydrogen-bond donors (Lipinski definition) is 1. The number of pyridine rings is 1. The molecule has 1 aliphatic rings.